The van der Waals surface area contributed by atoms with Crippen molar-refractivity contribution >= 4 is 39.9 Å². The van der Waals surface area contributed by atoms with Gasteiger partial charge in [0.15, 0.2) is 0 Å². The molecule has 2 aromatic rings. The molecule has 0 aliphatic carbocycles. The van der Waals surface area contributed by atoms with E-state index in [0.29, 0.717) is 11.4 Å². The number of hydrogen-bond donors (Lipinski definition) is 2. The lowest BCUT2D eigenvalue weighted by Gasteiger charge is -2.18. The van der Waals surface area contributed by atoms with Gasteiger partial charge in [0, 0.05) is 24.5 Å². The molecule has 5 nitrogen and oxygen atoms in total. The maximum atomic E-state index is 12.0. The second-order valence-corrected chi connectivity index (χ2v) is 6.24. The van der Waals surface area contributed by atoms with Crippen LogP contribution in [0.3, 0.4) is 0 Å². The largest absolute Gasteiger partial charge is 0.350 e. The lowest BCUT2D eigenvalue weighted by atomic mass is 10.1. The SMILES string of the molecule is Cc1nn(C)c2sc(C(=O)NCC(C)(C)N)cc12.Cl. The standard InChI is InChI=1S/C12H18N4OS.ClH/c1-7-8-5-9(18-11(8)16(4)15-7)10(17)14-6-12(2,3)13;/h5H,6,13H2,1-4H3,(H,14,17);1H. The van der Waals surface area contributed by atoms with Gasteiger partial charge in [-0.3, -0.25) is 9.48 Å². The Bertz CT molecular complexity index is 562. The maximum absolute atomic E-state index is 12.0. The Morgan fingerprint density at radius 2 is 2.21 bits per heavy atom. The predicted molar refractivity (Wildman–Crippen MR) is 81.2 cm³/mol. The summed E-state index contributed by atoms with van der Waals surface area (Å²) in [5, 5.41) is 8.20. The van der Waals surface area contributed by atoms with E-state index in [1.807, 2.05) is 33.9 Å². The number of aromatic nitrogens is 2. The van der Waals surface area contributed by atoms with Crippen LogP contribution in [0, 0.1) is 6.92 Å². The van der Waals surface area contributed by atoms with Crippen LogP contribution in [0.2, 0.25) is 0 Å². The van der Waals surface area contributed by atoms with Crippen LogP contribution >= 0.6 is 23.7 Å². The first kappa shape index (κ1) is 15.9. The van der Waals surface area contributed by atoms with E-state index in [0.717, 1.165) is 15.9 Å². The first-order chi connectivity index (χ1) is 8.28. The van der Waals surface area contributed by atoms with Crippen LogP contribution < -0.4 is 11.1 Å². The molecule has 0 radical (unpaired) electrons. The fraction of sp³-hybridized carbons (Fsp3) is 0.500. The highest BCUT2D eigenvalue weighted by molar-refractivity contribution is 7.20. The third-order valence-electron chi connectivity index (χ3n) is 2.62. The van der Waals surface area contributed by atoms with Crippen LogP contribution in [-0.2, 0) is 7.05 Å². The van der Waals surface area contributed by atoms with Gasteiger partial charge in [-0.25, -0.2) is 0 Å². The summed E-state index contributed by atoms with van der Waals surface area (Å²) in [6.07, 6.45) is 0. The van der Waals surface area contributed by atoms with E-state index in [9.17, 15) is 4.79 Å². The van der Waals surface area contributed by atoms with Gasteiger partial charge in [-0.15, -0.1) is 23.7 Å². The number of nitrogens with two attached hydrogens (primary N) is 1. The summed E-state index contributed by atoms with van der Waals surface area (Å²) >= 11 is 1.45. The predicted octanol–water partition coefficient (Wildman–Crippen LogP) is 1.83. The zero-order valence-electron chi connectivity index (χ0n) is 11.5. The molecule has 19 heavy (non-hydrogen) atoms. The molecule has 0 aromatic carbocycles. The first-order valence-corrected chi connectivity index (χ1v) is 6.60. The fourth-order valence-electron chi connectivity index (χ4n) is 1.71. The second-order valence-electron chi connectivity index (χ2n) is 5.21. The Balaban J connectivity index is 0.00000180. The number of carbonyl (C=O) groups is 1. The fourth-order valence-corrected chi connectivity index (χ4v) is 2.75. The molecule has 0 atom stereocenters. The van der Waals surface area contributed by atoms with Crippen molar-refractivity contribution in [2.45, 2.75) is 26.3 Å². The molecule has 2 heterocycles. The summed E-state index contributed by atoms with van der Waals surface area (Å²) < 4.78 is 1.80. The highest BCUT2D eigenvalue weighted by atomic mass is 35.5. The molecule has 0 bridgehead atoms. The Labute approximate surface area is 122 Å². The van der Waals surface area contributed by atoms with Crippen molar-refractivity contribution in [1.82, 2.24) is 15.1 Å². The number of nitrogens with zero attached hydrogens (tertiary/aromatic N) is 2. The number of aryl methyl sites for hydroxylation is 2. The highest BCUT2D eigenvalue weighted by Gasteiger charge is 2.17. The Morgan fingerprint density at radius 3 is 2.74 bits per heavy atom. The van der Waals surface area contributed by atoms with Crippen molar-refractivity contribution in [2.24, 2.45) is 12.8 Å². The zero-order valence-corrected chi connectivity index (χ0v) is 13.1. The van der Waals surface area contributed by atoms with Gasteiger partial charge < -0.3 is 11.1 Å². The molecule has 0 unspecified atom stereocenters. The third-order valence-corrected chi connectivity index (χ3v) is 3.83. The molecule has 7 heteroatoms. The zero-order chi connectivity index (χ0) is 13.5. The normalized spacial score (nSPS) is 11.4. The summed E-state index contributed by atoms with van der Waals surface area (Å²) in [7, 11) is 1.89. The Morgan fingerprint density at radius 1 is 1.58 bits per heavy atom. The van der Waals surface area contributed by atoms with Gasteiger partial charge in [0.05, 0.1) is 10.6 Å². The second kappa shape index (κ2) is 5.48. The van der Waals surface area contributed by atoms with E-state index in [1.54, 1.807) is 4.68 Å². The van der Waals surface area contributed by atoms with Gasteiger partial charge in [0.2, 0.25) is 0 Å². The molecule has 3 N–H and O–H groups in total. The molecule has 0 aliphatic heterocycles. The van der Waals surface area contributed by atoms with E-state index >= 15 is 0 Å². The molecule has 0 saturated carbocycles. The van der Waals surface area contributed by atoms with E-state index in [-0.39, 0.29) is 18.3 Å². The number of thiophene rings is 1. The van der Waals surface area contributed by atoms with Crippen molar-refractivity contribution in [3.8, 4) is 0 Å². The maximum Gasteiger partial charge on any atom is 0.261 e. The Kier molecular flexibility index (Phi) is 4.60. The summed E-state index contributed by atoms with van der Waals surface area (Å²) in [6.45, 7) is 6.16. The van der Waals surface area contributed by atoms with Gasteiger partial charge in [-0.1, -0.05) is 0 Å². The van der Waals surface area contributed by atoms with E-state index in [4.69, 9.17) is 5.73 Å². The van der Waals surface area contributed by atoms with E-state index in [1.165, 1.54) is 11.3 Å². The monoisotopic (exact) mass is 302 g/mol. The van der Waals surface area contributed by atoms with Crippen LogP contribution in [0.25, 0.3) is 10.2 Å². The minimum atomic E-state index is -0.399. The van der Waals surface area contributed by atoms with Gasteiger partial charge in [0.25, 0.3) is 5.91 Å². The summed E-state index contributed by atoms with van der Waals surface area (Å²) in [6, 6.07) is 1.89. The lowest BCUT2D eigenvalue weighted by Crippen LogP contribution is -2.44. The van der Waals surface area contributed by atoms with Gasteiger partial charge in [-0.05, 0) is 26.8 Å². The molecular formula is C12H19ClN4OS. The molecule has 0 aliphatic rings. The van der Waals surface area contributed by atoms with Gasteiger partial charge in [-0.2, -0.15) is 5.10 Å². The van der Waals surface area contributed by atoms with Crippen molar-refractivity contribution < 1.29 is 4.79 Å². The molecule has 0 fully saturated rings. The molecule has 0 spiro atoms. The van der Waals surface area contributed by atoms with Crippen LogP contribution in [0.1, 0.15) is 29.2 Å². The van der Waals surface area contributed by atoms with Crippen LogP contribution in [0.4, 0.5) is 0 Å². The number of halogens is 1. The summed E-state index contributed by atoms with van der Waals surface area (Å²) in [4.78, 5) is 13.7. The van der Waals surface area contributed by atoms with Crippen molar-refractivity contribution in [2.75, 3.05) is 6.54 Å². The number of rotatable bonds is 3. The molecule has 2 rings (SSSR count). The van der Waals surface area contributed by atoms with Gasteiger partial charge in [0.1, 0.15) is 4.83 Å². The number of carbonyl (C=O) groups excluding carboxylic acids is 1. The highest BCUT2D eigenvalue weighted by Crippen LogP contribution is 2.27. The van der Waals surface area contributed by atoms with Gasteiger partial charge >= 0.3 is 0 Å². The number of fused-ring (bicyclic) bond motifs is 1. The molecule has 2 aromatic heterocycles. The topological polar surface area (TPSA) is 72.9 Å². The minimum Gasteiger partial charge on any atom is -0.350 e. The van der Waals surface area contributed by atoms with Crippen LogP contribution in [-0.4, -0.2) is 27.8 Å². The third kappa shape index (κ3) is 3.46. The Hall–Kier alpha value is -1.11. The minimum absolute atomic E-state index is 0. The smallest absolute Gasteiger partial charge is 0.261 e. The summed E-state index contributed by atoms with van der Waals surface area (Å²) in [5.74, 6) is -0.0749. The molecular weight excluding hydrogens is 284 g/mol. The van der Waals surface area contributed by atoms with Crippen molar-refractivity contribution in [3.63, 3.8) is 0 Å². The number of hydrogen-bond acceptors (Lipinski definition) is 4. The average Bonchev–Trinajstić information content (AvgIpc) is 2.78. The van der Waals surface area contributed by atoms with Crippen molar-refractivity contribution in [1.29, 1.82) is 0 Å². The number of amides is 1. The summed E-state index contributed by atoms with van der Waals surface area (Å²) in [5.41, 5.74) is 6.39. The first-order valence-electron chi connectivity index (χ1n) is 5.78. The van der Waals surface area contributed by atoms with Crippen LogP contribution in [0.15, 0.2) is 6.07 Å². The van der Waals surface area contributed by atoms with Crippen LogP contribution in [0.5, 0.6) is 0 Å². The van der Waals surface area contributed by atoms with E-state index in [2.05, 4.69) is 10.4 Å². The lowest BCUT2D eigenvalue weighted by molar-refractivity contribution is 0.0950. The number of nitrogens with one attached hydrogen (secondary N) is 1. The van der Waals surface area contributed by atoms with E-state index < -0.39 is 5.54 Å². The van der Waals surface area contributed by atoms with Crippen molar-refractivity contribution in [3.05, 3.63) is 16.6 Å². The average molecular weight is 303 g/mol. The molecule has 0 saturated heterocycles. The quantitative estimate of drug-likeness (QED) is 0.908. The molecule has 106 valence electrons. The molecule has 1 amide bonds.